The first kappa shape index (κ1) is 19.9. The maximum atomic E-state index is 12.4. The number of anilines is 3. The molecule has 1 aliphatic heterocycles. The van der Waals surface area contributed by atoms with E-state index in [4.69, 9.17) is 4.74 Å². The molecule has 1 amide bonds. The second kappa shape index (κ2) is 9.43. The van der Waals surface area contributed by atoms with Crippen molar-refractivity contribution < 1.29 is 9.53 Å². The van der Waals surface area contributed by atoms with E-state index in [0.29, 0.717) is 25.7 Å². The Kier molecular flexibility index (Phi) is 6.26. The monoisotopic (exact) mass is 404 g/mol. The lowest BCUT2D eigenvalue weighted by Crippen LogP contribution is -2.41. The number of ether oxygens (including phenoxy) is 1. The molecular weight excluding hydrogens is 380 g/mol. The largest absolute Gasteiger partial charge is 0.379 e. The third kappa shape index (κ3) is 5.16. The molecule has 0 bridgehead atoms. The molecule has 3 aromatic rings. The van der Waals surface area contributed by atoms with Crippen LogP contribution in [0.15, 0.2) is 54.9 Å². The SMILES string of the molecule is Cc1ccc(NC(=O)CN2CCOCC2)cc1Nc1nccc(-c2ccccn2)n1. The van der Waals surface area contributed by atoms with Crippen molar-refractivity contribution in [2.45, 2.75) is 6.92 Å². The van der Waals surface area contributed by atoms with E-state index in [9.17, 15) is 4.79 Å². The zero-order chi connectivity index (χ0) is 20.8. The van der Waals surface area contributed by atoms with Gasteiger partial charge in [-0.2, -0.15) is 0 Å². The van der Waals surface area contributed by atoms with Crippen LogP contribution in [0.25, 0.3) is 11.4 Å². The normalized spacial score (nSPS) is 14.3. The summed E-state index contributed by atoms with van der Waals surface area (Å²) in [7, 11) is 0. The minimum atomic E-state index is -0.0416. The van der Waals surface area contributed by atoms with Gasteiger partial charge in [-0.25, -0.2) is 9.97 Å². The van der Waals surface area contributed by atoms with Crippen molar-refractivity contribution in [3.8, 4) is 11.4 Å². The summed E-state index contributed by atoms with van der Waals surface area (Å²) in [6.45, 7) is 5.24. The summed E-state index contributed by atoms with van der Waals surface area (Å²) in [5.41, 5.74) is 4.09. The molecule has 1 aromatic carbocycles. The van der Waals surface area contributed by atoms with Crippen molar-refractivity contribution in [2.24, 2.45) is 0 Å². The van der Waals surface area contributed by atoms with Gasteiger partial charge in [-0.05, 0) is 42.8 Å². The number of aromatic nitrogens is 3. The second-order valence-corrected chi connectivity index (χ2v) is 7.07. The number of morpholine rings is 1. The highest BCUT2D eigenvalue weighted by Crippen LogP contribution is 2.24. The van der Waals surface area contributed by atoms with E-state index in [1.54, 1.807) is 12.4 Å². The van der Waals surface area contributed by atoms with Gasteiger partial charge in [0.2, 0.25) is 11.9 Å². The summed E-state index contributed by atoms with van der Waals surface area (Å²) in [4.78, 5) is 27.7. The number of rotatable bonds is 6. The van der Waals surface area contributed by atoms with Crippen LogP contribution in [-0.2, 0) is 9.53 Å². The molecule has 0 aliphatic carbocycles. The number of aryl methyl sites for hydroxylation is 1. The smallest absolute Gasteiger partial charge is 0.238 e. The van der Waals surface area contributed by atoms with Crippen LogP contribution >= 0.6 is 0 Å². The molecule has 0 atom stereocenters. The lowest BCUT2D eigenvalue weighted by Gasteiger charge is -2.25. The summed E-state index contributed by atoms with van der Waals surface area (Å²) in [5.74, 6) is 0.429. The van der Waals surface area contributed by atoms with Crippen molar-refractivity contribution in [1.29, 1.82) is 0 Å². The predicted octanol–water partition coefficient (Wildman–Crippen LogP) is 2.86. The van der Waals surface area contributed by atoms with E-state index in [1.165, 1.54) is 0 Å². The average molecular weight is 404 g/mol. The van der Waals surface area contributed by atoms with Gasteiger partial charge in [-0.15, -0.1) is 0 Å². The molecule has 2 N–H and O–H groups in total. The number of pyridine rings is 1. The van der Waals surface area contributed by atoms with Gasteiger partial charge < -0.3 is 15.4 Å². The number of carbonyl (C=O) groups is 1. The molecule has 4 rings (SSSR count). The highest BCUT2D eigenvalue weighted by Gasteiger charge is 2.14. The van der Waals surface area contributed by atoms with E-state index < -0.39 is 0 Å². The van der Waals surface area contributed by atoms with Crippen LogP contribution in [0.5, 0.6) is 0 Å². The van der Waals surface area contributed by atoms with Crippen LogP contribution in [-0.4, -0.2) is 58.6 Å². The van der Waals surface area contributed by atoms with E-state index >= 15 is 0 Å². The van der Waals surface area contributed by atoms with Crippen LogP contribution < -0.4 is 10.6 Å². The number of hydrogen-bond donors (Lipinski definition) is 2. The lowest BCUT2D eigenvalue weighted by atomic mass is 10.2. The van der Waals surface area contributed by atoms with Gasteiger partial charge in [0, 0.05) is 36.9 Å². The van der Waals surface area contributed by atoms with Gasteiger partial charge in [0.05, 0.1) is 31.1 Å². The van der Waals surface area contributed by atoms with Crippen molar-refractivity contribution in [2.75, 3.05) is 43.5 Å². The Bertz CT molecular complexity index is 1010. The molecule has 154 valence electrons. The molecular formula is C22H24N6O2. The number of nitrogens with zero attached hydrogens (tertiary/aromatic N) is 4. The molecule has 8 nitrogen and oxygen atoms in total. The zero-order valence-corrected chi connectivity index (χ0v) is 16.8. The third-order valence-electron chi connectivity index (χ3n) is 4.82. The van der Waals surface area contributed by atoms with Crippen molar-refractivity contribution in [3.63, 3.8) is 0 Å². The zero-order valence-electron chi connectivity index (χ0n) is 16.8. The van der Waals surface area contributed by atoms with E-state index in [-0.39, 0.29) is 5.91 Å². The first-order valence-electron chi connectivity index (χ1n) is 9.89. The Balaban J connectivity index is 1.45. The Hall–Kier alpha value is -3.36. The second-order valence-electron chi connectivity index (χ2n) is 7.07. The fraction of sp³-hybridized carbons (Fsp3) is 0.273. The van der Waals surface area contributed by atoms with Gasteiger partial charge in [-0.3, -0.25) is 14.7 Å². The molecule has 0 unspecified atom stereocenters. The number of nitrogens with one attached hydrogen (secondary N) is 2. The third-order valence-corrected chi connectivity index (χ3v) is 4.82. The molecule has 1 fully saturated rings. The van der Waals surface area contributed by atoms with Gasteiger partial charge in [0.1, 0.15) is 0 Å². The fourth-order valence-electron chi connectivity index (χ4n) is 3.19. The van der Waals surface area contributed by atoms with E-state index in [1.807, 2.05) is 49.4 Å². The quantitative estimate of drug-likeness (QED) is 0.653. The Morgan fingerprint density at radius 2 is 1.93 bits per heavy atom. The van der Waals surface area contributed by atoms with Gasteiger partial charge in [-0.1, -0.05) is 12.1 Å². The maximum absolute atomic E-state index is 12.4. The number of amides is 1. The van der Waals surface area contributed by atoms with Crippen molar-refractivity contribution >= 4 is 23.2 Å². The van der Waals surface area contributed by atoms with Crippen LogP contribution in [0.3, 0.4) is 0 Å². The van der Waals surface area contributed by atoms with E-state index in [0.717, 1.165) is 41.4 Å². The van der Waals surface area contributed by atoms with Crippen LogP contribution in [0.4, 0.5) is 17.3 Å². The van der Waals surface area contributed by atoms with Crippen LogP contribution in [0, 0.1) is 6.92 Å². The summed E-state index contributed by atoms with van der Waals surface area (Å²) in [5, 5.41) is 6.22. The fourth-order valence-corrected chi connectivity index (χ4v) is 3.19. The molecule has 2 aromatic heterocycles. The minimum absolute atomic E-state index is 0.0416. The summed E-state index contributed by atoms with van der Waals surface area (Å²) >= 11 is 0. The van der Waals surface area contributed by atoms with Crippen molar-refractivity contribution in [1.82, 2.24) is 19.9 Å². The first-order chi connectivity index (χ1) is 14.7. The molecule has 3 heterocycles. The molecule has 8 heteroatoms. The standard InChI is InChI=1S/C22H24N6O2/c1-16-5-6-17(25-21(29)15-28-10-12-30-13-11-28)14-20(16)27-22-24-9-7-19(26-22)18-4-2-3-8-23-18/h2-9,14H,10-13,15H2,1H3,(H,25,29)(H,24,26,27). The van der Waals surface area contributed by atoms with Gasteiger partial charge in [0.25, 0.3) is 0 Å². The van der Waals surface area contributed by atoms with Gasteiger partial charge in [0.15, 0.2) is 0 Å². The molecule has 1 aliphatic rings. The van der Waals surface area contributed by atoms with Crippen LogP contribution in [0.1, 0.15) is 5.56 Å². The Labute approximate surface area is 175 Å². The number of benzene rings is 1. The highest BCUT2D eigenvalue weighted by molar-refractivity contribution is 5.93. The van der Waals surface area contributed by atoms with Crippen LogP contribution in [0.2, 0.25) is 0 Å². The highest BCUT2D eigenvalue weighted by atomic mass is 16.5. The minimum Gasteiger partial charge on any atom is -0.379 e. The Morgan fingerprint density at radius 3 is 2.73 bits per heavy atom. The molecule has 0 spiro atoms. The molecule has 0 saturated carbocycles. The molecule has 0 radical (unpaired) electrons. The summed E-state index contributed by atoms with van der Waals surface area (Å²) < 4.78 is 5.32. The number of carbonyl (C=O) groups excluding carboxylic acids is 1. The lowest BCUT2D eigenvalue weighted by molar-refractivity contribution is -0.118. The van der Waals surface area contributed by atoms with Crippen molar-refractivity contribution in [3.05, 3.63) is 60.4 Å². The molecule has 1 saturated heterocycles. The maximum Gasteiger partial charge on any atom is 0.238 e. The topological polar surface area (TPSA) is 92.3 Å². The van der Waals surface area contributed by atoms with E-state index in [2.05, 4.69) is 30.5 Å². The summed E-state index contributed by atoms with van der Waals surface area (Å²) in [6.07, 6.45) is 3.43. The predicted molar refractivity (Wildman–Crippen MR) is 116 cm³/mol. The average Bonchev–Trinajstić information content (AvgIpc) is 2.77. The molecule has 30 heavy (non-hydrogen) atoms. The Morgan fingerprint density at radius 1 is 1.07 bits per heavy atom. The summed E-state index contributed by atoms with van der Waals surface area (Å²) in [6, 6.07) is 13.3. The van der Waals surface area contributed by atoms with Gasteiger partial charge >= 0.3 is 0 Å². The first-order valence-corrected chi connectivity index (χ1v) is 9.89. The number of hydrogen-bond acceptors (Lipinski definition) is 7.